The molecule has 6 heteroatoms. The van der Waals surface area contributed by atoms with E-state index < -0.39 is 0 Å². The molecular formula is C14H16FN3O2. The summed E-state index contributed by atoms with van der Waals surface area (Å²) in [6, 6.07) is 6.38. The van der Waals surface area contributed by atoms with Crippen LogP contribution < -0.4 is 0 Å². The molecule has 1 saturated heterocycles. The predicted molar refractivity (Wildman–Crippen MR) is 69.7 cm³/mol. The van der Waals surface area contributed by atoms with E-state index in [2.05, 4.69) is 15.0 Å². The molecule has 0 spiro atoms. The summed E-state index contributed by atoms with van der Waals surface area (Å²) in [5.74, 6) is 0.768. The molecule has 106 valence electrons. The van der Waals surface area contributed by atoms with E-state index >= 15 is 0 Å². The summed E-state index contributed by atoms with van der Waals surface area (Å²) in [6.07, 6.45) is 0.270. The fraction of sp³-hybridized carbons (Fsp3) is 0.429. The second-order valence-corrected chi connectivity index (χ2v) is 4.97. The van der Waals surface area contributed by atoms with E-state index in [0.717, 1.165) is 18.7 Å². The van der Waals surface area contributed by atoms with Crippen LogP contribution in [-0.2, 0) is 11.2 Å². The van der Waals surface area contributed by atoms with Crippen LogP contribution in [0.2, 0.25) is 0 Å². The Bertz CT molecular complexity index is 587. The van der Waals surface area contributed by atoms with Gasteiger partial charge >= 0.3 is 0 Å². The van der Waals surface area contributed by atoms with Crippen molar-refractivity contribution in [1.29, 1.82) is 0 Å². The van der Waals surface area contributed by atoms with Crippen molar-refractivity contribution in [2.24, 2.45) is 0 Å². The number of benzene rings is 1. The lowest BCUT2D eigenvalue weighted by Gasteiger charge is -2.27. The van der Waals surface area contributed by atoms with E-state index in [1.165, 1.54) is 12.1 Å². The molecule has 0 aliphatic carbocycles. The normalized spacial score (nSPS) is 20.2. The summed E-state index contributed by atoms with van der Waals surface area (Å²) in [7, 11) is 2.03. The molecule has 2 heterocycles. The van der Waals surface area contributed by atoms with Crippen molar-refractivity contribution in [3.05, 3.63) is 47.4 Å². The zero-order valence-corrected chi connectivity index (χ0v) is 11.3. The van der Waals surface area contributed by atoms with Crippen LogP contribution in [0.25, 0.3) is 0 Å². The largest absolute Gasteiger partial charge is 0.367 e. The quantitative estimate of drug-likeness (QED) is 0.856. The number of rotatable bonds is 3. The van der Waals surface area contributed by atoms with E-state index in [1.54, 1.807) is 6.07 Å². The van der Waals surface area contributed by atoms with Gasteiger partial charge in [-0.25, -0.2) is 4.39 Å². The average Bonchev–Trinajstić information content (AvgIpc) is 2.87. The highest BCUT2D eigenvalue weighted by molar-refractivity contribution is 5.19. The van der Waals surface area contributed by atoms with Crippen LogP contribution in [0.5, 0.6) is 0 Å². The summed E-state index contributed by atoms with van der Waals surface area (Å²) in [6.45, 7) is 2.32. The first kappa shape index (κ1) is 13.2. The topological polar surface area (TPSA) is 51.4 Å². The molecule has 1 fully saturated rings. The van der Waals surface area contributed by atoms with Gasteiger partial charge in [0.25, 0.3) is 0 Å². The summed E-state index contributed by atoms with van der Waals surface area (Å²) < 4.78 is 24.0. The average molecular weight is 277 g/mol. The Morgan fingerprint density at radius 1 is 1.45 bits per heavy atom. The van der Waals surface area contributed by atoms with Gasteiger partial charge in [0, 0.05) is 13.1 Å². The van der Waals surface area contributed by atoms with Gasteiger partial charge in [-0.2, -0.15) is 4.98 Å². The van der Waals surface area contributed by atoms with E-state index in [0.29, 0.717) is 24.7 Å². The van der Waals surface area contributed by atoms with Crippen molar-refractivity contribution in [3.8, 4) is 0 Å². The molecule has 1 atom stereocenters. The van der Waals surface area contributed by atoms with Gasteiger partial charge in [-0.1, -0.05) is 17.3 Å². The van der Waals surface area contributed by atoms with Crippen molar-refractivity contribution in [1.82, 2.24) is 15.0 Å². The Morgan fingerprint density at radius 2 is 2.35 bits per heavy atom. The zero-order valence-electron chi connectivity index (χ0n) is 11.3. The van der Waals surface area contributed by atoms with E-state index in [9.17, 15) is 4.39 Å². The summed E-state index contributed by atoms with van der Waals surface area (Å²) in [5.41, 5.74) is 0.807. The molecule has 1 unspecified atom stereocenters. The minimum absolute atomic E-state index is 0.154. The number of halogens is 1. The zero-order chi connectivity index (χ0) is 13.9. The number of nitrogens with zero attached hydrogens (tertiary/aromatic N) is 3. The molecular weight excluding hydrogens is 261 g/mol. The van der Waals surface area contributed by atoms with Crippen LogP contribution >= 0.6 is 0 Å². The van der Waals surface area contributed by atoms with Crippen molar-refractivity contribution in [2.75, 3.05) is 26.7 Å². The van der Waals surface area contributed by atoms with Gasteiger partial charge in [0.2, 0.25) is 11.7 Å². The fourth-order valence-corrected chi connectivity index (χ4v) is 2.23. The van der Waals surface area contributed by atoms with Gasteiger partial charge in [0.05, 0.1) is 13.0 Å². The molecule has 3 rings (SSSR count). The Hall–Kier alpha value is -1.79. The second-order valence-electron chi connectivity index (χ2n) is 4.97. The molecule has 1 aromatic heterocycles. The van der Waals surface area contributed by atoms with Gasteiger partial charge in [0.1, 0.15) is 11.9 Å². The highest BCUT2D eigenvalue weighted by Crippen LogP contribution is 2.19. The van der Waals surface area contributed by atoms with Crippen LogP contribution in [0.3, 0.4) is 0 Å². The van der Waals surface area contributed by atoms with Crippen LogP contribution in [0, 0.1) is 5.82 Å². The molecule has 0 radical (unpaired) electrons. The maximum atomic E-state index is 13.1. The number of morpholine rings is 1. The molecule has 2 aromatic rings. The first-order chi connectivity index (χ1) is 9.70. The summed E-state index contributed by atoms with van der Waals surface area (Å²) >= 11 is 0. The highest BCUT2D eigenvalue weighted by Gasteiger charge is 2.24. The molecule has 0 saturated carbocycles. The molecule has 1 aliphatic rings. The standard InChI is InChI=1S/C14H16FN3O2/c1-18-5-6-19-12(9-18)14-16-13(20-17-14)8-10-3-2-4-11(15)7-10/h2-4,7,12H,5-6,8-9H2,1H3. The molecule has 1 aromatic carbocycles. The third-order valence-corrected chi connectivity index (χ3v) is 3.29. The lowest BCUT2D eigenvalue weighted by Crippen LogP contribution is -2.35. The third kappa shape index (κ3) is 3.02. The molecule has 5 nitrogen and oxygen atoms in total. The SMILES string of the molecule is CN1CCOC(c2noc(Cc3cccc(F)c3)n2)C1. The maximum Gasteiger partial charge on any atom is 0.231 e. The van der Waals surface area contributed by atoms with Gasteiger partial charge in [0.15, 0.2) is 0 Å². The van der Waals surface area contributed by atoms with Crippen molar-refractivity contribution in [2.45, 2.75) is 12.5 Å². The lowest BCUT2D eigenvalue weighted by atomic mass is 10.1. The monoisotopic (exact) mass is 277 g/mol. The highest BCUT2D eigenvalue weighted by atomic mass is 19.1. The molecule has 0 N–H and O–H groups in total. The summed E-state index contributed by atoms with van der Waals surface area (Å²) in [4.78, 5) is 6.50. The number of ether oxygens (including phenoxy) is 1. The van der Waals surface area contributed by atoms with Gasteiger partial charge in [-0.3, -0.25) is 0 Å². The van der Waals surface area contributed by atoms with Gasteiger partial charge < -0.3 is 14.2 Å². The Morgan fingerprint density at radius 3 is 3.15 bits per heavy atom. The van der Waals surface area contributed by atoms with Gasteiger partial charge in [-0.15, -0.1) is 0 Å². The fourth-order valence-electron chi connectivity index (χ4n) is 2.23. The van der Waals surface area contributed by atoms with Crippen LogP contribution in [0.15, 0.2) is 28.8 Å². The van der Waals surface area contributed by atoms with Crippen LogP contribution in [0.1, 0.15) is 23.4 Å². The van der Waals surface area contributed by atoms with E-state index in [4.69, 9.17) is 9.26 Å². The van der Waals surface area contributed by atoms with Crippen LogP contribution in [-0.4, -0.2) is 41.8 Å². The third-order valence-electron chi connectivity index (χ3n) is 3.29. The number of aromatic nitrogens is 2. The maximum absolute atomic E-state index is 13.1. The molecule has 1 aliphatic heterocycles. The molecule has 0 bridgehead atoms. The second kappa shape index (κ2) is 5.68. The Balaban J connectivity index is 1.70. The van der Waals surface area contributed by atoms with Crippen molar-refractivity contribution >= 4 is 0 Å². The number of hydrogen-bond acceptors (Lipinski definition) is 5. The smallest absolute Gasteiger partial charge is 0.231 e. The first-order valence-corrected chi connectivity index (χ1v) is 6.58. The van der Waals surface area contributed by atoms with E-state index in [-0.39, 0.29) is 11.9 Å². The number of likely N-dealkylation sites (N-methyl/N-ethyl adjacent to an activating group) is 1. The molecule has 20 heavy (non-hydrogen) atoms. The first-order valence-electron chi connectivity index (χ1n) is 6.58. The van der Waals surface area contributed by atoms with Gasteiger partial charge in [-0.05, 0) is 24.7 Å². The number of hydrogen-bond donors (Lipinski definition) is 0. The minimum Gasteiger partial charge on any atom is -0.367 e. The lowest BCUT2D eigenvalue weighted by molar-refractivity contribution is -0.0264. The Labute approximate surface area is 116 Å². The Kier molecular flexibility index (Phi) is 3.75. The van der Waals surface area contributed by atoms with Crippen molar-refractivity contribution in [3.63, 3.8) is 0 Å². The molecule has 0 amide bonds. The minimum atomic E-state index is -0.264. The summed E-state index contributed by atoms with van der Waals surface area (Å²) in [5, 5.41) is 3.96. The van der Waals surface area contributed by atoms with E-state index in [1.807, 2.05) is 13.1 Å². The predicted octanol–water partition coefficient (Wildman–Crippen LogP) is 1.80. The van der Waals surface area contributed by atoms with Crippen molar-refractivity contribution < 1.29 is 13.7 Å². The van der Waals surface area contributed by atoms with Crippen LogP contribution in [0.4, 0.5) is 4.39 Å².